The van der Waals surface area contributed by atoms with E-state index in [2.05, 4.69) is 6.92 Å². The van der Waals surface area contributed by atoms with Crippen molar-refractivity contribution in [1.29, 1.82) is 0 Å². The van der Waals surface area contributed by atoms with Crippen molar-refractivity contribution in [3.8, 4) is 0 Å². The average Bonchev–Trinajstić information content (AvgIpc) is 1.99. The first-order valence-electron chi connectivity index (χ1n) is 3.96. The number of hydrogen-bond donors (Lipinski definition) is 0. The van der Waals surface area contributed by atoms with E-state index in [-0.39, 0.29) is 17.0 Å². The lowest BCUT2D eigenvalue weighted by Gasteiger charge is -1.93. The van der Waals surface area contributed by atoms with Crippen molar-refractivity contribution >= 4 is 22.4 Å². The Kier molecular flexibility index (Phi) is 7.36. The van der Waals surface area contributed by atoms with Crippen LogP contribution in [0.5, 0.6) is 0 Å². The van der Waals surface area contributed by atoms with Crippen LogP contribution in [0.1, 0.15) is 39.0 Å². The summed E-state index contributed by atoms with van der Waals surface area (Å²) < 4.78 is 9.87. The Bertz CT molecular complexity index is 159. The van der Waals surface area contributed by atoms with Gasteiger partial charge >= 0.3 is 0 Å². The molecule has 0 saturated heterocycles. The molecule has 0 heterocycles. The Hall–Kier alpha value is -0.440. The molecule has 64 valence electrons. The van der Waals surface area contributed by atoms with Crippen LogP contribution >= 0.6 is 0 Å². The molecule has 0 aliphatic rings. The number of unbranched alkanes of at least 4 members (excludes halogenated alkanes) is 3. The van der Waals surface area contributed by atoms with Crippen molar-refractivity contribution in [2.24, 2.45) is 0 Å². The molecule has 0 spiro atoms. The van der Waals surface area contributed by atoms with Crippen molar-refractivity contribution in [3.63, 3.8) is 0 Å². The second-order valence-corrected chi connectivity index (χ2v) is 2.92. The zero-order valence-corrected chi connectivity index (χ0v) is 7.65. The third kappa shape index (κ3) is 7.46. The highest BCUT2D eigenvalue weighted by atomic mass is 32.1. The second kappa shape index (κ2) is 7.66. The van der Waals surface area contributed by atoms with Crippen LogP contribution in [0.3, 0.4) is 0 Å². The molecule has 0 aliphatic carbocycles. The summed E-state index contributed by atoms with van der Waals surface area (Å²) in [4.78, 5) is 10.7. The third-order valence-corrected chi connectivity index (χ3v) is 1.82. The molecule has 0 radical (unpaired) electrons. The molecule has 3 heteroatoms. The number of rotatable bonds is 6. The van der Waals surface area contributed by atoms with E-state index >= 15 is 0 Å². The van der Waals surface area contributed by atoms with Crippen molar-refractivity contribution < 1.29 is 9.00 Å². The van der Waals surface area contributed by atoms with Gasteiger partial charge < -0.3 is 0 Å². The van der Waals surface area contributed by atoms with Crippen molar-refractivity contribution in [2.75, 3.05) is 0 Å². The van der Waals surface area contributed by atoms with E-state index in [0.29, 0.717) is 6.42 Å². The Morgan fingerprint density at radius 1 is 1.36 bits per heavy atom. The van der Waals surface area contributed by atoms with Gasteiger partial charge in [-0.05, 0) is 6.42 Å². The van der Waals surface area contributed by atoms with Gasteiger partial charge in [0.05, 0.1) is 16.6 Å². The van der Waals surface area contributed by atoms with Crippen LogP contribution in [0.15, 0.2) is 0 Å². The Morgan fingerprint density at radius 3 is 2.64 bits per heavy atom. The fourth-order valence-electron chi connectivity index (χ4n) is 0.839. The molecule has 0 aromatic heterocycles. The summed E-state index contributed by atoms with van der Waals surface area (Å²) in [6, 6.07) is 0. The minimum absolute atomic E-state index is 0.0268. The Balaban J connectivity index is 3.24. The lowest BCUT2D eigenvalue weighted by atomic mass is 10.1. The summed E-state index contributed by atoms with van der Waals surface area (Å²) in [7, 11) is 0. The molecule has 0 saturated carbocycles. The maximum absolute atomic E-state index is 10.7. The number of hydrogen-bond acceptors (Lipinski definition) is 2. The highest BCUT2D eigenvalue weighted by Gasteiger charge is 1.95. The van der Waals surface area contributed by atoms with Crippen molar-refractivity contribution in [2.45, 2.75) is 39.0 Å². The molecule has 0 fully saturated rings. The van der Waals surface area contributed by atoms with Gasteiger partial charge in [0.2, 0.25) is 0 Å². The zero-order chi connectivity index (χ0) is 8.53. The molecule has 11 heavy (non-hydrogen) atoms. The van der Waals surface area contributed by atoms with Crippen LogP contribution < -0.4 is 0 Å². The minimum Gasteiger partial charge on any atom is -0.294 e. The highest BCUT2D eigenvalue weighted by molar-refractivity contribution is 7.66. The standard InChI is InChI=1S/C8H14O2S/c1-2-3-4-5-6-8(9)7-11-10/h7H,2-6H2,1H3. The van der Waals surface area contributed by atoms with Gasteiger partial charge in [-0.15, -0.1) is 0 Å². The number of Topliss-reactive ketones (excluding diaryl/α,β-unsaturated/α-hetero) is 1. The number of carbonyl (C=O) groups is 1. The molecule has 0 bridgehead atoms. The summed E-state index contributed by atoms with van der Waals surface area (Å²) in [6.45, 7) is 2.13. The minimum atomic E-state index is -0.0268. The highest BCUT2D eigenvalue weighted by Crippen LogP contribution is 2.01. The number of carbonyl (C=O) groups excluding carboxylic acids is 1. The number of ketones is 1. The summed E-state index contributed by atoms with van der Waals surface area (Å²) >= 11 is 0.249. The molecule has 0 rings (SSSR count). The molecular formula is C8H14O2S. The van der Waals surface area contributed by atoms with E-state index in [1.165, 1.54) is 12.8 Å². The predicted octanol–water partition coefficient (Wildman–Crippen LogP) is 1.54. The predicted molar refractivity (Wildman–Crippen MR) is 48.0 cm³/mol. The van der Waals surface area contributed by atoms with Gasteiger partial charge in [-0.25, -0.2) is 4.21 Å². The first-order chi connectivity index (χ1) is 5.31. The first-order valence-corrected chi connectivity index (χ1v) is 4.76. The normalized spacial score (nSPS) is 9.18. The van der Waals surface area contributed by atoms with E-state index in [4.69, 9.17) is 0 Å². The van der Waals surface area contributed by atoms with E-state index < -0.39 is 0 Å². The van der Waals surface area contributed by atoms with E-state index in [1.54, 1.807) is 0 Å². The van der Waals surface area contributed by atoms with Crippen LogP contribution in [-0.2, 0) is 16.1 Å². The molecule has 0 unspecified atom stereocenters. The molecule has 0 atom stereocenters. The summed E-state index contributed by atoms with van der Waals surface area (Å²) in [5.74, 6) is -0.0268. The largest absolute Gasteiger partial charge is 0.294 e. The van der Waals surface area contributed by atoms with Crippen LogP contribution in [0.4, 0.5) is 0 Å². The Labute approximate surface area is 71.1 Å². The summed E-state index contributed by atoms with van der Waals surface area (Å²) in [5, 5.41) is 1.14. The molecule has 0 amide bonds. The molecule has 2 nitrogen and oxygen atoms in total. The zero-order valence-electron chi connectivity index (χ0n) is 6.84. The lowest BCUT2D eigenvalue weighted by molar-refractivity contribution is -0.112. The van der Waals surface area contributed by atoms with Gasteiger partial charge in [0.1, 0.15) is 0 Å². The van der Waals surface area contributed by atoms with Crippen molar-refractivity contribution in [1.82, 2.24) is 0 Å². The summed E-state index contributed by atoms with van der Waals surface area (Å²) in [6.07, 6.45) is 4.91. The van der Waals surface area contributed by atoms with Crippen LogP contribution in [0.2, 0.25) is 0 Å². The van der Waals surface area contributed by atoms with Crippen LogP contribution in [0, 0.1) is 0 Å². The molecule has 0 aromatic carbocycles. The smallest absolute Gasteiger partial charge is 0.168 e. The maximum atomic E-state index is 10.7. The first kappa shape index (κ1) is 10.6. The average molecular weight is 174 g/mol. The molecule has 0 aliphatic heterocycles. The van der Waals surface area contributed by atoms with Gasteiger partial charge in [0, 0.05) is 6.42 Å². The van der Waals surface area contributed by atoms with Gasteiger partial charge in [0.25, 0.3) is 0 Å². The lowest BCUT2D eigenvalue weighted by Crippen LogP contribution is -1.97. The van der Waals surface area contributed by atoms with E-state index in [0.717, 1.165) is 18.2 Å². The maximum Gasteiger partial charge on any atom is 0.168 e. The van der Waals surface area contributed by atoms with Gasteiger partial charge in [-0.1, -0.05) is 26.2 Å². The van der Waals surface area contributed by atoms with E-state index in [9.17, 15) is 9.00 Å². The second-order valence-electron chi connectivity index (χ2n) is 2.49. The van der Waals surface area contributed by atoms with Crippen LogP contribution in [0.25, 0.3) is 0 Å². The van der Waals surface area contributed by atoms with Gasteiger partial charge in [-0.3, -0.25) is 4.79 Å². The molecule has 0 aromatic rings. The Morgan fingerprint density at radius 2 is 2.09 bits per heavy atom. The molecular weight excluding hydrogens is 160 g/mol. The van der Waals surface area contributed by atoms with Crippen LogP contribution in [-0.4, -0.2) is 15.4 Å². The topological polar surface area (TPSA) is 34.1 Å². The van der Waals surface area contributed by atoms with Gasteiger partial charge in [0.15, 0.2) is 5.78 Å². The summed E-state index contributed by atoms with van der Waals surface area (Å²) in [5.41, 5.74) is 0. The quantitative estimate of drug-likeness (QED) is 0.452. The monoisotopic (exact) mass is 174 g/mol. The van der Waals surface area contributed by atoms with Crippen molar-refractivity contribution in [3.05, 3.63) is 0 Å². The van der Waals surface area contributed by atoms with E-state index in [1.807, 2.05) is 0 Å². The molecule has 0 N–H and O–H groups in total. The van der Waals surface area contributed by atoms with Gasteiger partial charge in [-0.2, -0.15) is 0 Å². The fourth-order valence-corrected chi connectivity index (χ4v) is 1.06. The fraction of sp³-hybridized carbons (Fsp3) is 0.750. The SMILES string of the molecule is CCCCCCC(=O)C=S=O. The third-order valence-electron chi connectivity index (χ3n) is 1.46.